The van der Waals surface area contributed by atoms with Gasteiger partial charge in [0, 0.05) is 18.4 Å². The van der Waals surface area contributed by atoms with Gasteiger partial charge in [-0.25, -0.2) is 4.79 Å². The third kappa shape index (κ3) is 5.52. The molecule has 2 aliphatic carbocycles. The van der Waals surface area contributed by atoms with Gasteiger partial charge in [-0.2, -0.15) is 5.26 Å². The molecule has 3 N–H and O–H groups in total. The van der Waals surface area contributed by atoms with Crippen molar-refractivity contribution in [2.24, 2.45) is 5.92 Å². The van der Waals surface area contributed by atoms with Crippen LogP contribution in [0.5, 0.6) is 0 Å². The molecule has 3 atom stereocenters. The second kappa shape index (κ2) is 10.9. The van der Waals surface area contributed by atoms with Crippen LogP contribution in [0.1, 0.15) is 42.7 Å². The van der Waals surface area contributed by atoms with Gasteiger partial charge in [-0.1, -0.05) is 60.7 Å². The van der Waals surface area contributed by atoms with Crippen LogP contribution in [0.3, 0.4) is 0 Å². The summed E-state index contributed by atoms with van der Waals surface area (Å²) < 4.78 is 5.56. The first kappa shape index (κ1) is 24.0. The molecule has 8 nitrogen and oxygen atoms in total. The number of unbranched alkanes of at least 4 members (excludes halogenated alkanes) is 1. The second-order valence-electron chi connectivity index (χ2n) is 8.75. The smallest absolute Gasteiger partial charge is 0.407 e. The number of hydrogen-bond acceptors (Lipinski definition) is 5. The van der Waals surface area contributed by atoms with Crippen molar-refractivity contribution >= 4 is 18.0 Å². The van der Waals surface area contributed by atoms with Gasteiger partial charge in [0.05, 0.1) is 12.0 Å². The number of carbonyl (C=O) groups excluding carboxylic acids is 2. The van der Waals surface area contributed by atoms with Crippen molar-refractivity contribution in [2.45, 2.75) is 43.7 Å². The highest BCUT2D eigenvalue weighted by Crippen LogP contribution is 2.44. The largest absolute Gasteiger partial charge is 0.481 e. The molecule has 3 unspecified atom stereocenters. The number of carbonyl (C=O) groups is 3. The van der Waals surface area contributed by atoms with Crippen LogP contribution in [0.4, 0.5) is 4.79 Å². The van der Waals surface area contributed by atoms with Crippen LogP contribution in [0, 0.1) is 17.2 Å². The number of alkyl carbamates (subject to hydrolysis) is 1. The normalized spacial score (nSPS) is 18.7. The highest BCUT2D eigenvalue weighted by Gasteiger charge is 2.31. The zero-order chi connectivity index (χ0) is 24.8. The second-order valence-corrected chi connectivity index (χ2v) is 8.75. The summed E-state index contributed by atoms with van der Waals surface area (Å²) in [7, 11) is 0. The minimum absolute atomic E-state index is 0.101. The molecular formula is C27H27N3O5. The maximum atomic E-state index is 12.8. The number of ether oxygens (including phenoxy) is 1. The first-order valence-electron chi connectivity index (χ1n) is 11.7. The van der Waals surface area contributed by atoms with Crippen LogP contribution in [-0.4, -0.2) is 41.8 Å². The highest BCUT2D eigenvalue weighted by molar-refractivity contribution is 5.86. The van der Waals surface area contributed by atoms with Crippen molar-refractivity contribution in [1.82, 2.24) is 10.6 Å². The molecule has 2 aromatic carbocycles. The number of carboxylic acids is 1. The lowest BCUT2D eigenvalue weighted by Gasteiger charge is -2.21. The number of nitriles is 1. The van der Waals surface area contributed by atoms with E-state index in [4.69, 9.17) is 15.1 Å². The Morgan fingerprint density at radius 3 is 2.31 bits per heavy atom. The molecule has 180 valence electrons. The molecule has 0 fully saturated rings. The number of amides is 2. The Hall–Kier alpha value is -4.12. The van der Waals surface area contributed by atoms with Gasteiger partial charge in [-0.15, -0.1) is 0 Å². The zero-order valence-corrected chi connectivity index (χ0v) is 19.1. The van der Waals surface area contributed by atoms with Crippen LogP contribution in [0.25, 0.3) is 11.1 Å². The molecule has 4 rings (SSSR count). The summed E-state index contributed by atoms with van der Waals surface area (Å²) in [5, 5.41) is 23.4. The summed E-state index contributed by atoms with van der Waals surface area (Å²) in [6.45, 7) is 0.123. The summed E-state index contributed by atoms with van der Waals surface area (Å²) in [4.78, 5) is 36.7. The molecule has 2 amide bonds. The fourth-order valence-electron chi connectivity index (χ4n) is 4.71. The molecule has 0 heterocycles. The van der Waals surface area contributed by atoms with Gasteiger partial charge in [0.1, 0.15) is 12.6 Å². The maximum Gasteiger partial charge on any atom is 0.407 e. The highest BCUT2D eigenvalue weighted by atomic mass is 16.5. The fourth-order valence-corrected chi connectivity index (χ4v) is 4.71. The minimum Gasteiger partial charge on any atom is -0.481 e. The van der Waals surface area contributed by atoms with Crippen molar-refractivity contribution in [3.8, 4) is 17.2 Å². The van der Waals surface area contributed by atoms with E-state index < -0.39 is 36.0 Å². The standard InChI is InChI=1S/C27H27N3O5/c28-14-6-5-11-24(25(31)29-18-13-12-17(15-18)26(32)33)30-27(34)35-16-23-21-9-3-1-7-19(21)20-8-2-4-10-22(20)23/h1-4,7-10,12-13,17-18,23-24H,5-6,11,15-16H2,(H,29,31)(H,30,34)(H,32,33). The molecule has 0 aliphatic heterocycles. The minimum atomic E-state index is -0.944. The zero-order valence-electron chi connectivity index (χ0n) is 19.1. The topological polar surface area (TPSA) is 129 Å². The van der Waals surface area contributed by atoms with Crippen LogP contribution in [0.15, 0.2) is 60.7 Å². The number of nitrogens with zero attached hydrogens (tertiary/aromatic N) is 1. The van der Waals surface area contributed by atoms with E-state index in [-0.39, 0.29) is 31.8 Å². The average molecular weight is 474 g/mol. The number of rotatable bonds is 9. The monoisotopic (exact) mass is 473 g/mol. The van der Waals surface area contributed by atoms with E-state index in [9.17, 15) is 14.4 Å². The predicted molar refractivity (Wildman–Crippen MR) is 128 cm³/mol. The molecule has 2 aromatic rings. The Morgan fingerprint density at radius 1 is 1.06 bits per heavy atom. The van der Waals surface area contributed by atoms with Crippen molar-refractivity contribution < 1.29 is 24.2 Å². The Balaban J connectivity index is 1.37. The summed E-state index contributed by atoms with van der Waals surface area (Å²) in [6.07, 6.45) is 3.69. The average Bonchev–Trinajstić information content (AvgIpc) is 3.45. The Kier molecular flexibility index (Phi) is 7.46. The summed E-state index contributed by atoms with van der Waals surface area (Å²) >= 11 is 0. The number of nitrogens with one attached hydrogen (secondary N) is 2. The van der Waals surface area contributed by atoms with Crippen LogP contribution < -0.4 is 10.6 Å². The molecular weight excluding hydrogens is 446 g/mol. The quantitative estimate of drug-likeness (QED) is 0.376. The van der Waals surface area contributed by atoms with Crippen LogP contribution >= 0.6 is 0 Å². The van der Waals surface area contributed by atoms with Crippen molar-refractivity contribution in [1.29, 1.82) is 5.26 Å². The number of carboxylic acid groups (broad SMARTS) is 1. The molecule has 0 aromatic heterocycles. The van der Waals surface area contributed by atoms with Gasteiger partial charge in [0.15, 0.2) is 0 Å². The summed E-state index contributed by atoms with van der Waals surface area (Å²) in [6, 6.07) is 16.8. The van der Waals surface area contributed by atoms with Crippen molar-refractivity contribution in [3.05, 3.63) is 71.8 Å². The Bertz CT molecular complexity index is 1140. The van der Waals surface area contributed by atoms with Gasteiger partial charge < -0.3 is 20.5 Å². The molecule has 0 saturated heterocycles. The van der Waals surface area contributed by atoms with Crippen molar-refractivity contribution in [3.63, 3.8) is 0 Å². The maximum absolute atomic E-state index is 12.8. The number of hydrogen-bond donors (Lipinski definition) is 3. The van der Waals surface area contributed by atoms with E-state index in [1.807, 2.05) is 42.5 Å². The lowest BCUT2D eigenvalue weighted by atomic mass is 9.98. The molecule has 35 heavy (non-hydrogen) atoms. The van der Waals surface area contributed by atoms with E-state index in [0.717, 1.165) is 22.3 Å². The molecule has 0 spiro atoms. The van der Waals surface area contributed by atoms with Gasteiger partial charge in [-0.05, 0) is 41.5 Å². The summed E-state index contributed by atoms with van der Waals surface area (Å²) in [5.74, 6) is -2.12. The van der Waals surface area contributed by atoms with Gasteiger partial charge in [-0.3, -0.25) is 9.59 Å². The molecule has 0 radical (unpaired) electrons. The first-order valence-corrected chi connectivity index (χ1v) is 11.7. The summed E-state index contributed by atoms with van der Waals surface area (Å²) in [5.41, 5.74) is 4.42. The molecule has 2 aliphatic rings. The molecule has 0 saturated carbocycles. The SMILES string of the molecule is N#CCCCC(NC(=O)OCC1c2ccccc2-c2ccccc21)C(=O)NC1C=CC(C(=O)O)C1. The molecule has 0 bridgehead atoms. The third-order valence-corrected chi connectivity index (χ3v) is 6.46. The Morgan fingerprint density at radius 2 is 1.71 bits per heavy atom. The lowest BCUT2D eigenvalue weighted by Crippen LogP contribution is -2.49. The lowest BCUT2D eigenvalue weighted by molar-refractivity contribution is -0.140. The number of fused-ring (bicyclic) bond motifs is 3. The van der Waals surface area contributed by atoms with Crippen LogP contribution in [0.2, 0.25) is 0 Å². The van der Waals surface area contributed by atoms with Gasteiger partial charge in [0.25, 0.3) is 0 Å². The van der Waals surface area contributed by atoms with Crippen LogP contribution in [-0.2, 0) is 14.3 Å². The van der Waals surface area contributed by atoms with E-state index >= 15 is 0 Å². The molecule has 8 heteroatoms. The first-order chi connectivity index (χ1) is 17.0. The van der Waals surface area contributed by atoms with E-state index in [0.29, 0.717) is 6.42 Å². The van der Waals surface area contributed by atoms with E-state index in [1.54, 1.807) is 12.2 Å². The number of aliphatic carboxylic acids is 1. The fraction of sp³-hybridized carbons (Fsp3) is 0.333. The number of benzene rings is 2. The van der Waals surface area contributed by atoms with E-state index in [1.165, 1.54) is 0 Å². The van der Waals surface area contributed by atoms with Gasteiger partial charge in [0.2, 0.25) is 5.91 Å². The Labute approximate surface area is 203 Å². The third-order valence-electron chi connectivity index (χ3n) is 6.46. The van der Waals surface area contributed by atoms with Crippen molar-refractivity contribution in [2.75, 3.05) is 6.61 Å². The van der Waals surface area contributed by atoms with Gasteiger partial charge >= 0.3 is 12.1 Å². The predicted octanol–water partition coefficient (Wildman–Crippen LogP) is 3.73. The van der Waals surface area contributed by atoms with E-state index in [2.05, 4.69) is 22.8 Å².